The predicted molar refractivity (Wildman–Crippen MR) is 116 cm³/mol. The molecule has 2 unspecified atom stereocenters. The van der Waals surface area contributed by atoms with Crippen LogP contribution < -0.4 is 10.6 Å². The van der Waals surface area contributed by atoms with Crippen LogP contribution in [0.2, 0.25) is 0 Å². The zero-order chi connectivity index (χ0) is 17.5. The summed E-state index contributed by atoms with van der Waals surface area (Å²) in [5.74, 6) is 2.44. The summed E-state index contributed by atoms with van der Waals surface area (Å²) < 4.78 is 11.2. The Kier molecular flexibility index (Phi) is 9.94. The van der Waals surface area contributed by atoms with Crippen LogP contribution in [-0.2, 0) is 9.47 Å². The molecule has 26 heavy (non-hydrogen) atoms. The molecule has 2 N–H and O–H groups in total. The first-order valence-electron chi connectivity index (χ1n) is 10.1. The van der Waals surface area contributed by atoms with E-state index in [-0.39, 0.29) is 24.0 Å². The summed E-state index contributed by atoms with van der Waals surface area (Å²) in [6.07, 6.45) is 6.32. The lowest BCUT2D eigenvalue weighted by atomic mass is 9.87. The molecule has 3 fully saturated rings. The average Bonchev–Trinajstić information content (AvgIpc) is 3.18. The summed E-state index contributed by atoms with van der Waals surface area (Å²) >= 11 is 0. The van der Waals surface area contributed by atoms with Gasteiger partial charge in [-0.1, -0.05) is 6.92 Å². The molecule has 2 saturated heterocycles. The normalized spacial score (nSPS) is 31.9. The largest absolute Gasteiger partial charge is 0.381 e. The first kappa shape index (κ1) is 22.2. The summed E-state index contributed by atoms with van der Waals surface area (Å²) in [4.78, 5) is 7.04. The van der Waals surface area contributed by atoms with E-state index in [0.29, 0.717) is 18.0 Å². The molecule has 1 aliphatic carbocycles. The van der Waals surface area contributed by atoms with Crippen molar-refractivity contribution in [2.24, 2.45) is 16.8 Å². The lowest BCUT2D eigenvalue weighted by molar-refractivity contribution is 0.00245. The highest BCUT2D eigenvalue weighted by molar-refractivity contribution is 14.0. The first-order valence-corrected chi connectivity index (χ1v) is 10.1. The Bertz CT molecular complexity index is 418. The number of hydrogen-bond acceptors (Lipinski definition) is 4. The van der Waals surface area contributed by atoms with Crippen LogP contribution in [0.1, 0.15) is 39.0 Å². The van der Waals surface area contributed by atoms with Gasteiger partial charge in [0.2, 0.25) is 0 Å². The van der Waals surface area contributed by atoms with Crippen molar-refractivity contribution in [3.05, 3.63) is 0 Å². The standard InChI is InChI=1S/C19H36N4O2.HI/c1-15-3-5-17(6-4-15)22-19(20-2)21-13-18(16-7-10-25-14-16)23-8-11-24-12-9-23;/h15-18H,3-14H2,1-2H3,(H2,20,21,22);1H. The van der Waals surface area contributed by atoms with Crippen LogP contribution in [0.25, 0.3) is 0 Å². The number of hydrogen-bond donors (Lipinski definition) is 2. The molecule has 2 atom stereocenters. The van der Waals surface area contributed by atoms with Gasteiger partial charge in [-0.2, -0.15) is 0 Å². The zero-order valence-corrected chi connectivity index (χ0v) is 18.7. The second-order valence-electron chi connectivity index (χ2n) is 7.89. The van der Waals surface area contributed by atoms with Crippen LogP contribution in [0.15, 0.2) is 4.99 Å². The summed E-state index contributed by atoms with van der Waals surface area (Å²) in [5, 5.41) is 7.24. The molecule has 152 valence electrons. The topological polar surface area (TPSA) is 58.1 Å². The summed E-state index contributed by atoms with van der Waals surface area (Å²) in [5.41, 5.74) is 0. The Balaban J connectivity index is 0.00000243. The summed E-state index contributed by atoms with van der Waals surface area (Å²) in [6, 6.07) is 1.07. The Morgan fingerprint density at radius 3 is 2.42 bits per heavy atom. The van der Waals surface area contributed by atoms with Gasteiger partial charge in [0.05, 0.1) is 19.8 Å². The van der Waals surface area contributed by atoms with Gasteiger partial charge in [-0.3, -0.25) is 9.89 Å². The van der Waals surface area contributed by atoms with Gasteiger partial charge in [0.15, 0.2) is 5.96 Å². The van der Waals surface area contributed by atoms with Gasteiger partial charge in [0.25, 0.3) is 0 Å². The number of nitrogens with zero attached hydrogens (tertiary/aromatic N) is 2. The van der Waals surface area contributed by atoms with Gasteiger partial charge in [0.1, 0.15) is 0 Å². The van der Waals surface area contributed by atoms with E-state index >= 15 is 0 Å². The van der Waals surface area contributed by atoms with Gasteiger partial charge < -0.3 is 20.1 Å². The molecule has 7 heteroatoms. The van der Waals surface area contributed by atoms with E-state index < -0.39 is 0 Å². The van der Waals surface area contributed by atoms with Crippen molar-refractivity contribution in [3.63, 3.8) is 0 Å². The van der Waals surface area contributed by atoms with Crippen molar-refractivity contribution >= 4 is 29.9 Å². The molecule has 0 aromatic carbocycles. The number of halogens is 1. The van der Waals surface area contributed by atoms with Crippen LogP contribution in [0.4, 0.5) is 0 Å². The smallest absolute Gasteiger partial charge is 0.191 e. The van der Waals surface area contributed by atoms with Crippen molar-refractivity contribution in [2.75, 3.05) is 53.1 Å². The number of rotatable bonds is 5. The molecule has 3 rings (SSSR count). The number of morpholine rings is 1. The fraction of sp³-hybridized carbons (Fsp3) is 0.947. The molecule has 0 bridgehead atoms. The quantitative estimate of drug-likeness (QED) is 0.359. The average molecular weight is 480 g/mol. The Morgan fingerprint density at radius 2 is 1.81 bits per heavy atom. The van der Waals surface area contributed by atoms with Crippen molar-refractivity contribution in [1.29, 1.82) is 0 Å². The van der Waals surface area contributed by atoms with E-state index in [0.717, 1.165) is 64.4 Å². The molecule has 2 aliphatic heterocycles. The van der Waals surface area contributed by atoms with Crippen molar-refractivity contribution in [3.8, 4) is 0 Å². The molecule has 2 heterocycles. The van der Waals surface area contributed by atoms with E-state index in [4.69, 9.17) is 9.47 Å². The van der Waals surface area contributed by atoms with Gasteiger partial charge in [-0.25, -0.2) is 0 Å². The third-order valence-corrected chi connectivity index (χ3v) is 6.08. The second kappa shape index (κ2) is 11.7. The molecule has 0 aromatic rings. The minimum atomic E-state index is 0. The first-order chi connectivity index (χ1) is 12.3. The highest BCUT2D eigenvalue weighted by Crippen LogP contribution is 2.24. The van der Waals surface area contributed by atoms with Crippen LogP contribution in [0.3, 0.4) is 0 Å². The van der Waals surface area contributed by atoms with Crippen molar-refractivity contribution in [1.82, 2.24) is 15.5 Å². The number of ether oxygens (including phenoxy) is 2. The number of aliphatic imine (C=N–C) groups is 1. The lowest BCUT2D eigenvalue weighted by Gasteiger charge is -2.38. The molecule has 0 spiro atoms. The lowest BCUT2D eigenvalue weighted by Crippen LogP contribution is -2.54. The predicted octanol–water partition coefficient (Wildman–Crippen LogP) is 2.09. The van der Waals surface area contributed by atoms with Crippen LogP contribution in [0, 0.1) is 11.8 Å². The van der Waals surface area contributed by atoms with Gasteiger partial charge in [-0.15, -0.1) is 24.0 Å². The van der Waals surface area contributed by atoms with E-state index in [9.17, 15) is 0 Å². The maximum atomic E-state index is 5.66. The summed E-state index contributed by atoms with van der Waals surface area (Å²) in [6.45, 7) is 8.81. The van der Waals surface area contributed by atoms with E-state index in [1.54, 1.807) is 0 Å². The minimum absolute atomic E-state index is 0. The molecule has 0 aromatic heterocycles. The van der Waals surface area contributed by atoms with Crippen molar-refractivity contribution in [2.45, 2.75) is 51.1 Å². The van der Waals surface area contributed by atoms with E-state index in [1.807, 2.05) is 7.05 Å². The minimum Gasteiger partial charge on any atom is -0.381 e. The monoisotopic (exact) mass is 480 g/mol. The third kappa shape index (κ3) is 6.49. The molecular formula is C19H37IN4O2. The van der Waals surface area contributed by atoms with Gasteiger partial charge in [-0.05, 0) is 38.0 Å². The highest BCUT2D eigenvalue weighted by atomic mass is 127. The number of nitrogens with one attached hydrogen (secondary N) is 2. The summed E-state index contributed by atoms with van der Waals surface area (Å²) in [7, 11) is 1.88. The van der Waals surface area contributed by atoms with Crippen LogP contribution in [-0.4, -0.2) is 76.1 Å². The maximum absolute atomic E-state index is 5.66. The fourth-order valence-corrected chi connectivity index (χ4v) is 4.35. The molecular weight excluding hydrogens is 443 g/mol. The highest BCUT2D eigenvalue weighted by Gasteiger charge is 2.31. The Morgan fingerprint density at radius 1 is 1.08 bits per heavy atom. The van der Waals surface area contributed by atoms with Gasteiger partial charge in [0, 0.05) is 51.3 Å². The number of guanidine groups is 1. The molecule has 1 saturated carbocycles. The van der Waals surface area contributed by atoms with E-state index in [2.05, 4.69) is 27.4 Å². The molecule has 0 radical (unpaired) electrons. The van der Waals surface area contributed by atoms with Gasteiger partial charge >= 0.3 is 0 Å². The fourth-order valence-electron chi connectivity index (χ4n) is 4.35. The molecule has 3 aliphatic rings. The van der Waals surface area contributed by atoms with Crippen LogP contribution in [0.5, 0.6) is 0 Å². The van der Waals surface area contributed by atoms with Crippen molar-refractivity contribution < 1.29 is 9.47 Å². The molecule has 0 amide bonds. The maximum Gasteiger partial charge on any atom is 0.191 e. The Labute approximate surface area is 175 Å². The Hall–Kier alpha value is -0.120. The SMILES string of the molecule is CN=C(NCC(C1CCOC1)N1CCOCC1)NC1CCC(C)CC1.I. The third-order valence-electron chi connectivity index (χ3n) is 6.08. The zero-order valence-electron chi connectivity index (χ0n) is 16.4. The second-order valence-corrected chi connectivity index (χ2v) is 7.89. The van der Waals surface area contributed by atoms with E-state index in [1.165, 1.54) is 25.7 Å². The van der Waals surface area contributed by atoms with Crippen LogP contribution >= 0.6 is 24.0 Å². The molecule has 6 nitrogen and oxygen atoms in total.